The lowest BCUT2D eigenvalue weighted by Gasteiger charge is -2.27. The van der Waals surface area contributed by atoms with Gasteiger partial charge in [0.05, 0.1) is 13.5 Å². The molecule has 0 aliphatic rings. The van der Waals surface area contributed by atoms with Gasteiger partial charge in [0.2, 0.25) is 0 Å². The first kappa shape index (κ1) is 17.7. The minimum atomic E-state index is -0.572. The third-order valence-corrected chi connectivity index (χ3v) is 2.30. The molecule has 0 saturated heterocycles. The van der Waals surface area contributed by atoms with Crippen molar-refractivity contribution < 1.29 is 24.2 Å². The summed E-state index contributed by atoms with van der Waals surface area (Å²) in [6, 6.07) is 0. The highest BCUT2D eigenvalue weighted by molar-refractivity contribution is 5.72. The Morgan fingerprint density at radius 2 is 1.79 bits per heavy atom. The molecule has 19 heavy (non-hydrogen) atoms. The normalized spacial score (nSPS) is 11.0. The molecule has 0 aliphatic carbocycles. The number of carbonyl (C=O) groups is 2. The third kappa shape index (κ3) is 9.30. The molecule has 6 nitrogen and oxygen atoms in total. The standard InChI is InChI=1S/C13H25NO5/c1-13(2,3)19-12(17)14(8-5-6-10-15)9-7-11(16)18-4/h15H,5-10H2,1-4H3. The van der Waals surface area contributed by atoms with Gasteiger partial charge < -0.3 is 19.5 Å². The van der Waals surface area contributed by atoms with Crippen LogP contribution in [0.15, 0.2) is 0 Å². The maximum atomic E-state index is 11.9. The Morgan fingerprint density at radius 3 is 2.26 bits per heavy atom. The van der Waals surface area contributed by atoms with Crippen LogP contribution in [-0.4, -0.2) is 54.5 Å². The lowest BCUT2D eigenvalue weighted by molar-refractivity contribution is -0.140. The van der Waals surface area contributed by atoms with E-state index in [1.165, 1.54) is 12.0 Å². The van der Waals surface area contributed by atoms with E-state index < -0.39 is 11.7 Å². The van der Waals surface area contributed by atoms with Crippen LogP contribution >= 0.6 is 0 Å². The average molecular weight is 275 g/mol. The zero-order chi connectivity index (χ0) is 14.9. The number of hydrogen-bond donors (Lipinski definition) is 1. The predicted molar refractivity (Wildman–Crippen MR) is 70.8 cm³/mol. The fraction of sp³-hybridized carbons (Fsp3) is 0.846. The maximum absolute atomic E-state index is 11.9. The number of aliphatic hydroxyl groups is 1. The van der Waals surface area contributed by atoms with Crippen LogP contribution < -0.4 is 0 Å². The van der Waals surface area contributed by atoms with Crippen LogP contribution in [0.1, 0.15) is 40.0 Å². The van der Waals surface area contributed by atoms with E-state index >= 15 is 0 Å². The second-order valence-corrected chi connectivity index (χ2v) is 5.22. The Bertz CT molecular complexity index is 285. The summed E-state index contributed by atoms with van der Waals surface area (Å²) in [7, 11) is 1.31. The van der Waals surface area contributed by atoms with Gasteiger partial charge in [0, 0.05) is 19.7 Å². The molecule has 112 valence electrons. The molecule has 0 bridgehead atoms. The molecule has 0 saturated carbocycles. The largest absolute Gasteiger partial charge is 0.469 e. The molecular formula is C13H25NO5. The van der Waals surface area contributed by atoms with Gasteiger partial charge in [-0.2, -0.15) is 0 Å². The number of amides is 1. The molecule has 0 aromatic heterocycles. The second kappa shape index (κ2) is 8.74. The van der Waals surface area contributed by atoms with Crippen LogP contribution in [0.4, 0.5) is 4.79 Å². The smallest absolute Gasteiger partial charge is 0.410 e. The Morgan fingerprint density at radius 1 is 1.16 bits per heavy atom. The molecule has 1 N–H and O–H groups in total. The third-order valence-electron chi connectivity index (χ3n) is 2.30. The van der Waals surface area contributed by atoms with E-state index in [1.54, 1.807) is 20.8 Å². The fourth-order valence-electron chi connectivity index (χ4n) is 1.36. The summed E-state index contributed by atoms with van der Waals surface area (Å²) in [5, 5.41) is 8.75. The first-order valence-corrected chi connectivity index (χ1v) is 6.45. The zero-order valence-corrected chi connectivity index (χ0v) is 12.3. The predicted octanol–water partition coefficient (Wildman–Crippen LogP) is 1.56. The van der Waals surface area contributed by atoms with Crippen molar-refractivity contribution in [1.29, 1.82) is 0 Å². The first-order valence-electron chi connectivity index (χ1n) is 6.45. The van der Waals surface area contributed by atoms with Crippen molar-refractivity contribution in [2.45, 2.75) is 45.6 Å². The lowest BCUT2D eigenvalue weighted by atomic mass is 10.2. The van der Waals surface area contributed by atoms with Crippen LogP contribution in [-0.2, 0) is 14.3 Å². The second-order valence-electron chi connectivity index (χ2n) is 5.22. The summed E-state index contributed by atoms with van der Waals surface area (Å²) >= 11 is 0. The van der Waals surface area contributed by atoms with E-state index in [0.29, 0.717) is 19.4 Å². The number of methoxy groups -OCH3 is 1. The highest BCUT2D eigenvalue weighted by Crippen LogP contribution is 2.11. The average Bonchev–Trinajstić information content (AvgIpc) is 2.30. The van der Waals surface area contributed by atoms with Gasteiger partial charge in [-0.3, -0.25) is 4.79 Å². The van der Waals surface area contributed by atoms with Gasteiger partial charge in [0.1, 0.15) is 5.60 Å². The fourth-order valence-corrected chi connectivity index (χ4v) is 1.36. The number of hydrogen-bond acceptors (Lipinski definition) is 5. The molecule has 0 heterocycles. The quantitative estimate of drug-likeness (QED) is 0.563. The Balaban J connectivity index is 4.38. The van der Waals surface area contributed by atoms with Gasteiger partial charge in [-0.25, -0.2) is 4.79 Å². The van der Waals surface area contributed by atoms with Crippen molar-refractivity contribution in [3.05, 3.63) is 0 Å². The van der Waals surface area contributed by atoms with E-state index in [1.807, 2.05) is 0 Å². The van der Waals surface area contributed by atoms with E-state index in [0.717, 1.165) is 0 Å². The molecule has 6 heteroatoms. The van der Waals surface area contributed by atoms with Crippen molar-refractivity contribution in [3.63, 3.8) is 0 Å². The van der Waals surface area contributed by atoms with Gasteiger partial charge >= 0.3 is 12.1 Å². The van der Waals surface area contributed by atoms with Crippen LogP contribution in [0, 0.1) is 0 Å². The Hall–Kier alpha value is -1.30. The summed E-state index contributed by atoms with van der Waals surface area (Å²) in [5.41, 5.74) is -0.572. The van der Waals surface area contributed by atoms with Crippen molar-refractivity contribution in [2.75, 3.05) is 26.8 Å². The van der Waals surface area contributed by atoms with Gasteiger partial charge in [0.15, 0.2) is 0 Å². The summed E-state index contributed by atoms with van der Waals surface area (Å²) in [5.74, 6) is -0.365. The lowest BCUT2D eigenvalue weighted by Crippen LogP contribution is -2.38. The first-order chi connectivity index (χ1) is 8.80. The zero-order valence-electron chi connectivity index (χ0n) is 12.3. The summed E-state index contributed by atoms with van der Waals surface area (Å²) in [4.78, 5) is 24.5. The molecule has 0 unspecified atom stereocenters. The maximum Gasteiger partial charge on any atom is 0.410 e. The number of rotatable bonds is 7. The minimum Gasteiger partial charge on any atom is -0.469 e. The SMILES string of the molecule is COC(=O)CCN(CCCCO)C(=O)OC(C)(C)C. The molecule has 0 spiro atoms. The van der Waals surface area contributed by atoms with Crippen LogP contribution in [0.25, 0.3) is 0 Å². The molecule has 0 radical (unpaired) electrons. The van der Waals surface area contributed by atoms with Crippen molar-refractivity contribution in [2.24, 2.45) is 0 Å². The molecule has 0 aromatic carbocycles. The number of unbranched alkanes of at least 4 members (excludes halogenated alkanes) is 1. The highest BCUT2D eigenvalue weighted by atomic mass is 16.6. The summed E-state index contributed by atoms with van der Waals surface area (Å²) < 4.78 is 9.82. The van der Waals surface area contributed by atoms with E-state index in [4.69, 9.17) is 9.84 Å². The van der Waals surface area contributed by atoms with Gasteiger partial charge in [-0.1, -0.05) is 0 Å². The molecule has 0 aromatic rings. The molecule has 0 rings (SSSR count). The molecule has 0 atom stereocenters. The number of carbonyl (C=O) groups excluding carboxylic acids is 2. The molecule has 1 amide bonds. The van der Waals surface area contributed by atoms with Gasteiger partial charge in [-0.15, -0.1) is 0 Å². The van der Waals surface area contributed by atoms with Crippen molar-refractivity contribution in [1.82, 2.24) is 4.90 Å². The van der Waals surface area contributed by atoms with Crippen molar-refractivity contribution in [3.8, 4) is 0 Å². The van der Waals surface area contributed by atoms with Crippen LogP contribution in [0.3, 0.4) is 0 Å². The van der Waals surface area contributed by atoms with Crippen LogP contribution in [0.5, 0.6) is 0 Å². The topological polar surface area (TPSA) is 76.1 Å². The van der Waals surface area contributed by atoms with Crippen molar-refractivity contribution >= 4 is 12.1 Å². The minimum absolute atomic E-state index is 0.0825. The Kier molecular flexibility index (Phi) is 8.14. The van der Waals surface area contributed by atoms with Crippen LogP contribution in [0.2, 0.25) is 0 Å². The Labute approximate surface area is 114 Å². The number of ether oxygens (including phenoxy) is 2. The van der Waals surface area contributed by atoms with Gasteiger partial charge in [0.25, 0.3) is 0 Å². The van der Waals surface area contributed by atoms with Gasteiger partial charge in [-0.05, 0) is 33.6 Å². The number of esters is 1. The molecular weight excluding hydrogens is 250 g/mol. The van der Waals surface area contributed by atoms with E-state index in [2.05, 4.69) is 4.74 Å². The summed E-state index contributed by atoms with van der Waals surface area (Å²) in [6.45, 7) is 6.16. The van der Waals surface area contributed by atoms with E-state index in [-0.39, 0.29) is 25.5 Å². The monoisotopic (exact) mass is 275 g/mol. The molecule has 0 fully saturated rings. The highest BCUT2D eigenvalue weighted by Gasteiger charge is 2.22. The molecule has 0 aliphatic heterocycles. The number of nitrogens with zero attached hydrogens (tertiary/aromatic N) is 1. The van der Waals surface area contributed by atoms with E-state index in [9.17, 15) is 9.59 Å². The number of aliphatic hydroxyl groups excluding tert-OH is 1. The summed E-state index contributed by atoms with van der Waals surface area (Å²) in [6.07, 6.45) is 0.956.